The van der Waals surface area contributed by atoms with Gasteiger partial charge in [-0.15, -0.1) is 0 Å². The van der Waals surface area contributed by atoms with Crippen LogP contribution in [-0.4, -0.2) is 58.5 Å². The zero-order chi connectivity index (χ0) is 22.2. The van der Waals surface area contributed by atoms with Crippen LogP contribution in [0.15, 0.2) is 48.5 Å². The number of carbonyl (C=O) groups is 2. The Bertz CT molecular complexity index is 1250. The fourth-order valence-electron chi connectivity index (χ4n) is 4.36. The second-order valence-corrected chi connectivity index (χ2v) is 8.82. The van der Waals surface area contributed by atoms with Crippen LogP contribution in [0, 0.1) is 4.77 Å². The van der Waals surface area contributed by atoms with Gasteiger partial charge in [-0.3, -0.25) is 9.59 Å². The average molecular weight is 468 g/mol. The van der Waals surface area contributed by atoms with Gasteiger partial charge >= 0.3 is 0 Å². The molecule has 164 valence electrons. The van der Waals surface area contributed by atoms with Gasteiger partial charge in [-0.25, -0.2) is 9.55 Å². The van der Waals surface area contributed by atoms with Crippen LogP contribution in [-0.2, 0) is 4.79 Å². The summed E-state index contributed by atoms with van der Waals surface area (Å²) < 4.78 is 1.70. The summed E-state index contributed by atoms with van der Waals surface area (Å²) in [6.07, 6.45) is 0.719. The predicted octanol–water partition coefficient (Wildman–Crippen LogP) is 3.98. The minimum absolute atomic E-state index is 0.0675. The van der Waals surface area contributed by atoms with E-state index in [9.17, 15) is 9.59 Å². The van der Waals surface area contributed by atoms with Crippen LogP contribution in [0.4, 0.5) is 11.5 Å². The number of hydrogen-bond acceptors (Lipinski definition) is 6. The van der Waals surface area contributed by atoms with E-state index < -0.39 is 6.04 Å². The van der Waals surface area contributed by atoms with E-state index in [0.717, 1.165) is 29.7 Å². The van der Waals surface area contributed by atoms with E-state index in [1.165, 1.54) is 4.57 Å². The molecule has 0 unspecified atom stereocenters. The maximum atomic E-state index is 12.9. The van der Waals surface area contributed by atoms with Crippen molar-refractivity contribution in [3.05, 3.63) is 58.3 Å². The van der Waals surface area contributed by atoms with Gasteiger partial charge in [-0.2, -0.15) is 0 Å². The van der Waals surface area contributed by atoms with Crippen molar-refractivity contribution < 1.29 is 9.59 Å². The molecule has 1 saturated heterocycles. The number of rotatable bonds is 4. The van der Waals surface area contributed by atoms with Crippen molar-refractivity contribution in [3.63, 3.8) is 0 Å². The fourth-order valence-corrected chi connectivity index (χ4v) is 4.76. The van der Waals surface area contributed by atoms with Crippen LogP contribution >= 0.6 is 23.8 Å². The number of hydrogen-bond donors (Lipinski definition) is 1. The van der Waals surface area contributed by atoms with Gasteiger partial charge in [0, 0.05) is 48.7 Å². The van der Waals surface area contributed by atoms with Crippen LogP contribution in [0.2, 0.25) is 5.02 Å². The number of aromatic nitrogens is 2. The first-order valence-corrected chi connectivity index (χ1v) is 11.4. The third-order valence-electron chi connectivity index (χ3n) is 6.09. The Morgan fingerprint density at radius 2 is 1.81 bits per heavy atom. The van der Waals surface area contributed by atoms with Crippen molar-refractivity contribution in [3.8, 4) is 0 Å². The van der Waals surface area contributed by atoms with Crippen molar-refractivity contribution in [1.82, 2.24) is 14.5 Å². The highest BCUT2D eigenvalue weighted by Crippen LogP contribution is 2.29. The Balaban J connectivity index is 1.20. The number of benzene rings is 2. The molecule has 0 spiro atoms. The molecule has 0 radical (unpaired) electrons. The number of piperazine rings is 1. The molecule has 2 aliphatic heterocycles. The lowest BCUT2D eigenvalue weighted by Gasteiger charge is -2.36. The van der Waals surface area contributed by atoms with Gasteiger partial charge in [-0.05, 0) is 55.0 Å². The Morgan fingerprint density at radius 1 is 1.09 bits per heavy atom. The summed E-state index contributed by atoms with van der Waals surface area (Å²) in [5.41, 5.74) is 1.86. The number of anilines is 2. The van der Waals surface area contributed by atoms with E-state index in [2.05, 4.69) is 15.2 Å². The molecule has 0 saturated carbocycles. The van der Waals surface area contributed by atoms with Crippen LogP contribution in [0.5, 0.6) is 0 Å². The smallest absolute Gasteiger partial charge is 0.257 e. The van der Waals surface area contributed by atoms with Gasteiger partial charge in [0.2, 0.25) is 10.7 Å². The van der Waals surface area contributed by atoms with Crippen molar-refractivity contribution in [1.29, 1.82) is 0 Å². The second-order valence-electron chi connectivity index (χ2n) is 8.01. The molecule has 9 heteroatoms. The first-order chi connectivity index (χ1) is 15.5. The number of carbonyl (C=O) groups excluding carboxylic acids is 2. The lowest BCUT2D eigenvalue weighted by atomic mass is 10.1. The topological polar surface area (TPSA) is 70.5 Å². The van der Waals surface area contributed by atoms with Crippen LogP contribution in [0.3, 0.4) is 0 Å². The predicted molar refractivity (Wildman–Crippen MR) is 128 cm³/mol. The summed E-state index contributed by atoms with van der Waals surface area (Å²) in [7, 11) is 0. The standard InChI is InChI=1S/C23H22ClN5O2S/c24-15-5-7-16(8-6-15)27-11-13-28(14-12-27)20(30)10-9-19-22(31)29-21(25-19)17-3-1-2-4-18(17)26-23(29)32/h1-8,19,25H,9-14H2/t19-/m1/s1. The Labute approximate surface area is 195 Å². The van der Waals surface area contributed by atoms with E-state index in [0.29, 0.717) is 36.8 Å². The molecule has 1 atom stereocenters. The number of nitrogens with one attached hydrogen (secondary N) is 1. The van der Waals surface area contributed by atoms with Gasteiger partial charge < -0.3 is 15.1 Å². The van der Waals surface area contributed by atoms with Gasteiger partial charge in [0.1, 0.15) is 11.9 Å². The Kier molecular flexibility index (Phi) is 5.57. The zero-order valence-corrected chi connectivity index (χ0v) is 18.9. The summed E-state index contributed by atoms with van der Waals surface area (Å²) in [6, 6.07) is 14.9. The highest BCUT2D eigenvalue weighted by molar-refractivity contribution is 7.71. The van der Waals surface area contributed by atoms with Crippen LogP contribution < -0.4 is 10.2 Å². The molecule has 7 nitrogen and oxygen atoms in total. The van der Waals surface area contributed by atoms with Crippen molar-refractivity contribution in [2.75, 3.05) is 36.4 Å². The molecule has 0 bridgehead atoms. The highest BCUT2D eigenvalue weighted by atomic mass is 35.5. The molecule has 1 aromatic heterocycles. The minimum atomic E-state index is -0.483. The number of halogens is 1. The third-order valence-corrected chi connectivity index (χ3v) is 6.62. The molecular formula is C23H22ClN5O2S. The van der Waals surface area contributed by atoms with Crippen LogP contribution in [0.25, 0.3) is 10.9 Å². The van der Waals surface area contributed by atoms with Gasteiger partial charge in [0.15, 0.2) is 0 Å². The lowest BCUT2D eigenvalue weighted by Crippen LogP contribution is -2.49. The third kappa shape index (κ3) is 3.84. The molecule has 1 N–H and O–H groups in total. The molecule has 2 aromatic carbocycles. The van der Waals surface area contributed by atoms with Gasteiger partial charge in [0.25, 0.3) is 5.91 Å². The largest absolute Gasteiger partial charge is 0.368 e. The van der Waals surface area contributed by atoms with E-state index in [4.69, 9.17) is 23.8 Å². The molecule has 3 aromatic rings. The number of amides is 1. The summed E-state index contributed by atoms with van der Waals surface area (Å²) >= 11 is 11.3. The monoisotopic (exact) mass is 467 g/mol. The summed E-state index contributed by atoms with van der Waals surface area (Å²) in [6.45, 7) is 2.86. The Hall–Kier alpha value is -2.97. The zero-order valence-electron chi connectivity index (χ0n) is 17.3. The molecular weight excluding hydrogens is 446 g/mol. The molecule has 3 heterocycles. The van der Waals surface area contributed by atoms with Crippen molar-refractivity contribution in [2.45, 2.75) is 18.9 Å². The quantitative estimate of drug-likeness (QED) is 0.585. The fraction of sp³-hybridized carbons (Fsp3) is 0.304. The maximum Gasteiger partial charge on any atom is 0.257 e. The molecule has 5 rings (SSSR count). The normalized spacial score (nSPS) is 18.0. The molecule has 1 fully saturated rings. The summed E-state index contributed by atoms with van der Waals surface area (Å²) in [5.74, 6) is 0.584. The molecule has 2 aliphatic rings. The minimum Gasteiger partial charge on any atom is -0.368 e. The van der Waals surface area contributed by atoms with Crippen molar-refractivity contribution >= 4 is 58.0 Å². The summed E-state index contributed by atoms with van der Waals surface area (Å²) in [4.78, 5) is 34.2. The lowest BCUT2D eigenvalue weighted by molar-refractivity contribution is -0.131. The molecule has 32 heavy (non-hydrogen) atoms. The summed E-state index contributed by atoms with van der Waals surface area (Å²) in [5, 5.41) is 4.84. The van der Waals surface area contributed by atoms with E-state index in [1.54, 1.807) is 0 Å². The number of fused-ring (bicyclic) bond motifs is 3. The first kappa shape index (κ1) is 20.9. The van der Waals surface area contributed by atoms with E-state index >= 15 is 0 Å². The number of para-hydroxylation sites is 1. The van der Waals surface area contributed by atoms with E-state index in [1.807, 2.05) is 53.4 Å². The second kappa shape index (κ2) is 8.52. The van der Waals surface area contributed by atoms with Crippen LogP contribution in [0.1, 0.15) is 17.6 Å². The van der Waals surface area contributed by atoms with Gasteiger partial charge in [0.05, 0.1) is 5.52 Å². The van der Waals surface area contributed by atoms with Gasteiger partial charge in [-0.1, -0.05) is 23.7 Å². The van der Waals surface area contributed by atoms with Crippen molar-refractivity contribution in [2.24, 2.45) is 0 Å². The molecule has 0 aliphatic carbocycles. The molecule has 1 amide bonds. The SMILES string of the molecule is O=C(CC[C@H]1Nc2c3ccccc3nc(=S)n2C1=O)N1CCN(c2ccc(Cl)cc2)CC1. The Morgan fingerprint density at radius 3 is 2.56 bits per heavy atom. The first-order valence-electron chi connectivity index (χ1n) is 10.6. The highest BCUT2D eigenvalue weighted by Gasteiger charge is 2.32. The maximum absolute atomic E-state index is 12.9. The average Bonchev–Trinajstić information content (AvgIpc) is 3.15. The number of nitrogens with zero attached hydrogens (tertiary/aromatic N) is 4. The van der Waals surface area contributed by atoms with E-state index in [-0.39, 0.29) is 16.6 Å².